The van der Waals surface area contributed by atoms with Gasteiger partial charge < -0.3 is 14.6 Å². The number of carbonyl (C=O) groups is 2. The Morgan fingerprint density at radius 3 is 2.81 bits per heavy atom. The molecule has 0 saturated carbocycles. The maximum atomic E-state index is 11.4. The fourth-order valence-corrected chi connectivity index (χ4v) is 2.20. The number of carboxylic acid groups (broad SMARTS) is 1. The van der Waals surface area contributed by atoms with Gasteiger partial charge in [-0.25, -0.2) is 4.79 Å². The molecule has 5 heteroatoms. The second-order valence-electron chi connectivity index (χ2n) is 4.72. The van der Waals surface area contributed by atoms with E-state index in [1.807, 2.05) is 0 Å². The number of carbonyl (C=O) groups excluding carboxylic acids is 1. The zero-order valence-corrected chi connectivity index (χ0v) is 11.0. The molecule has 1 heterocycles. The number of rotatable bonds is 4. The number of cyclic esters (lactones) is 1. The van der Waals surface area contributed by atoms with Crippen molar-refractivity contribution in [2.24, 2.45) is 0 Å². The van der Waals surface area contributed by atoms with Crippen molar-refractivity contribution in [3.8, 4) is 11.5 Å². The molecule has 0 unspecified atom stereocenters. The highest BCUT2D eigenvalue weighted by molar-refractivity contribution is 5.93. The fraction of sp³-hybridized carbons (Fsp3) is 0.125. The van der Waals surface area contributed by atoms with Crippen molar-refractivity contribution in [1.29, 1.82) is 0 Å². The van der Waals surface area contributed by atoms with E-state index in [1.165, 1.54) is 0 Å². The molecule has 0 aromatic heterocycles. The molecule has 0 spiro atoms. The summed E-state index contributed by atoms with van der Waals surface area (Å²) in [5, 5.41) is 8.79. The van der Waals surface area contributed by atoms with Crippen LogP contribution in [0.5, 0.6) is 11.5 Å². The summed E-state index contributed by atoms with van der Waals surface area (Å²) in [6.45, 7) is 0.254. The Morgan fingerprint density at radius 2 is 2.00 bits per heavy atom. The molecule has 1 N–H and O–H groups in total. The quantitative estimate of drug-likeness (QED) is 0.874. The molecule has 2 aromatic carbocycles. The summed E-state index contributed by atoms with van der Waals surface area (Å²) in [6, 6.07) is 12.0. The summed E-state index contributed by atoms with van der Waals surface area (Å²) < 4.78 is 10.6. The van der Waals surface area contributed by atoms with Crippen LogP contribution < -0.4 is 4.74 Å². The van der Waals surface area contributed by atoms with Gasteiger partial charge in [-0.1, -0.05) is 12.1 Å². The van der Waals surface area contributed by atoms with Gasteiger partial charge in [0.2, 0.25) is 0 Å². The van der Waals surface area contributed by atoms with Crippen LogP contribution in [0.25, 0.3) is 0 Å². The van der Waals surface area contributed by atoms with Gasteiger partial charge in [0.15, 0.2) is 0 Å². The topological polar surface area (TPSA) is 72.8 Å². The molecule has 1 aliphatic rings. The lowest BCUT2D eigenvalue weighted by molar-refractivity contribution is -0.136. The lowest BCUT2D eigenvalue weighted by Gasteiger charge is -2.07. The molecule has 0 bridgehead atoms. The number of esters is 1. The zero-order chi connectivity index (χ0) is 14.8. The second-order valence-corrected chi connectivity index (χ2v) is 4.72. The molecule has 106 valence electrons. The Hall–Kier alpha value is -2.82. The number of ether oxygens (including phenoxy) is 2. The maximum Gasteiger partial charge on any atom is 0.338 e. The summed E-state index contributed by atoms with van der Waals surface area (Å²) in [5.74, 6) is -0.0705. The van der Waals surface area contributed by atoms with E-state index >= 15 is 0 Å². The summed E-state index contributed by atoms with van der Waals surface area (Å²) in [7, 11) is 0. The molecule has 0 fully saturated rings. The van der Waals surface area contributed by atoms with Crippen molar-refractivity contribution in [3.63, 3.8) is 0 Å². The predicted octanol–water partition coefficient (Wildman–Crippen LogP) is 2.78. The van der Waals surface area contributed by atoms with E-state index in [0.717, 1.165) is 5.56 Å². The molecular formula is C16H12O5. The van der Waals surface area contributed by atoms with Gasteiger partial charge in [0, 0.05) is 5.56 Å². The van der Waals surface area contributed by atoms with Gasteiger partial charge in [0.1, 0.15) is 18.1 Å². The third-order valence-electron chi connectivity index (χ3n) is 3.14. The zero-order valence-electron chi connectivity index (χ0n) is 11.0. The second kappa shape index (κ2) is 5.28. The molecular weight excluding hydrogens is 272 g/mol. The van der Waals surface area contributed by atoms with Crippen LogP contribution in [0.1, 0.15) is 21.5 Å². The van der Waals surface area contributed by atoms with E-state index in [1.54, 1.807) is 42.5 Å². The van der Waals surface area contributed by atoms with E-state index in [0.29, 0.717) is 22.6 Å². The van der Waals surface area contributed by atoms with Crippen molar-refractivity contribution < 1.29 is 24.2 Å². The van der Waals surface area contributed by atoms with E-state index in [4.69, 9.17) is 14.6 Å². The number of benzene rings is 2. The van der Waals surface area contributed by atoms with Gasteiger partial charge in [-0.05, 0) is 35.9 Å². The Kier molecular flexibility index (Phi) is 3.31. The Bertz CT molecular complexity index is 720. The van der Waals surface area contributed by atoms with Crippen LogP contribution in [0.15, 0.2) is 42.5 Å². The van der Waals surface area contributed by atoms with Crippen molar-refractivity contribution in [3.05, 3.63) is 59.2 Å². The third kappa shape index (κ3) is 2.86. The fourth-order valence-electron chi connectivity index (χ4n) is 2.20. The minimum Gasteiger partial charge on any atom is -0.481 e. The first-order valence-corrected chi connectivity index (χ1v) is 6.40. The first kappa shape index (κ1) is 13.2. The van der Waals surface area contributed by atoms with Crippen molar-refractivity contribution in [2.45, 2.75) is 13.0 Å². The van der Waals surface area contributed by atoms with Crippen LogP contribution in [0.4, 0.5) is 0 Å². The number of aliphatic carboxylic acids is 1. The normalized spacial score (nSPS) is 12.7. The first-order valence-electron chi connectivity index (χ1n) is 6.40. The molecule has 0 amide bonds. The first-order chi connectivity index (χ1) is 10.1. The van der Waals surface area contributed by atoms with Crippen molar-refractivity contribution >= 4 is 11.9 Å². The molecule has 1 aliphatic heterocycles. The summed E-state index contributed by atoms with van der Waals surface area (Å²) in [5.41, 5.74) is 2.01. The molecule has 0 radical (unpaired) electrons. The summed E-state index contributed by atoms with van der Waals surface area (Å²) in [4.78, 5) is 22.1. The van der Waals surface area contributed by atoms with Gasteiger partial charge in [-0.15, -0.1) is 0 Å². The van der Waals surface area contributed by atoms with Gasteiger partial charge in [0.25, 0.3) is 0 Å². The Morgan fingerprint density at radius 1 is 1.19 bits per heavy atom. The molecule has 21 heavy (non-hydrogen) atoms. The largest absolute Gasteiger partial charge is 0.481 e. The minimum absolute atomic E-state index is 0.0519. The van der Waals surface area contributed by atoms with Crippen LogP contribution >= 0.6 is 0 Å². The minimum atomic E-state index is -0.889. The van der Waals surface area contributed by atoms with E-state index in [2.05, 4.69) is 0 Å². The van der Waals surface area contributed by atoms with Crippen LogP contribution in [0.2, 0.25) is 0 Å². The summed E-state index contributed by atoms with van der Waals surface area (Å²) in [6.07, 6.45) is -0.0519. The predicted molar refractivity (Wildman–Crippen MR) is 73.4 cm³/mol. The highest BCUT2D eigenvalue weighted by atomic mass is 16.5. The standard InChI is InChI=1S/C16H12O5/c17-15(18)7-10-2-1-3-12(6-10)21-13-4-5-14-11(8-13)9-20-16(14)19/h1-6,8H,7,9H2,(H,17,18). The van der Waals surface area contributed by atoms with Crippen molar-refractivity contribution in [2.75, 3.05) is 0 Å². The van der Waals surface area contributed by atoms with E-state index < -0.39 is 5.97 Å². The molecule has 0 atom stereocenters. The van der Waals surface area contributed by atoms with Gasteiger partial charge in [-0.3, -0.25) is 4.79 Å². The highest BCUT2D eigenvalue weighted by Gasteiger charge is 2.21. The van der Waals surface area contributed by atoms with Crippen LogP contribution in [0, 0.1) is 0 Å². The SMILES string of the molecule is O=C(O)Cc1cccc(Oc2ccc3c(c2)COC3=O)c1. The smallest absolute Gasteiger partial charge is 0.338 e. The third-order valence-corrected chi connectivity index (χ3v) is 3.14. The average molecular weight is 284 g/mol. The Balaban J connectivity index is 1.81. The molecule has 2 aromatic rings. The van der Waals surface area contributed by atoms with Crippen LogP contribution in [0.3, 0.4) is 0 Å². The van der Waals surface area contributed by atoms with Crippen molar-refractivity contribution in [1.82, 2.24) is 0 Å². The van der Waals surface area contributed by atoms with Gasteiger partial charge in [-0.2, -0.15) is 0 Å². The molecule has 0 saturated heterocycles. The lowest BCUT2D eigenvalue weighted by Crippen LogP contribution is -1.99. The molecule has 0 aliphatic carbocycles. The maximum absolute atomic E-state index is 11.4. The van der Waals surface area contributed by atoms with E-state index in [-0.39, 0.29) is 19.0 Å². The number of hydrogen-bond donors (Lipinski definition) is 1. The van der Waals surface area contributed by atoms with E-state index in [9.17, 15) is 9.59 Å². The molecule has 3 rings (SSSR count). The number of carboxylic acids is 1. The lowest BCUT2D eigenvalue weighted by atomic mass is 10.1. The van der Waals surface area contributed by atoms with Gasteiger partial charge in [0.05, 0.1) is 12.0 Å². The average Bonchev–Trinajstić information content (AvgIpc) is 2.80. The van der Waals surface area contributed by atoms with Gasteiger partial charge >= 0.3 is 11.9 Å². The number of hydrogen-bond acceptors (Lipinski definition) is 4. The highest BCUT2D eigenvalue weighted by Crippen LogP contribution is 2.28. The Labute approximate surface area is 120 Å². The summed E-state index contributed by atoms with van der Waals surface area (Å²) >= 11 is 0. The number of fused-ring (bicyclic) bond motifs is 1. The van der Waals surface area contributed by atoms with Crippen LogP contribution in [-0.2, 0) is 22.6 Å². The molecule has 5 nitrogen and oxygen atoms in total. The van der Waals surface area contributed by atoms with Crippen LogP contribution in [-0.4, -0.2) is 17.0 Å². The monoisotopic (exact) mass is 284 g/mol.